The van der Waals surface area contributed by atoms with Crippen LogP contribution in [-0.2, 0) is 0 Å². The fourth-order valence-corrected chi connectivity index (χ4v) is 3.56. The van der Waals surface area contributed by atoms with Gasteiger partial charge in [-0.1, -0.05) is 18.1 Å². The Morgan fingerprint density at radius 2 is 2.14 bits per heavy atom. The first kappa shape index (κ1) is 16.0. The summed E-state index contributed by atoms with van der Waals surface area (Å²) in [5.41, 5.74) is 7.73. The predicted molar refractivity (Wildman–Crippen MR) is 87.4 cm³/mol. The van der Waals surface area contributed by atoms with Gasteiger partial charge in [0.15, 0.2) is 5.84 Å². The molecule has 0 amide bonds. The van der Waals surface area contributed by atoms with E-state index in [0.29, 0.717) is 5.92 Å². The zero-order valence-electron chi connectivity index (χ0n) is 12.3. The summed E-state index contributed by atoms with van der Waals surface area (Å²) < 4.78 is 0. The number of benzene rings is 1. The molecular weight excluding hydrogens is 286 g/mol. The van der Waals surface area contributed by atoms with Crippen LogP contribution < -0.4 is 10.6 Å². The maximum absolute atomic E-state index is 9.25. The van der Waals surface area contributed by atoms with E-state index in [1.165, 1.54) is 0 Å². The smallest absolute Gasteiger partial charge is 0.173 e. The summed E-state index contributed by atoms with van der Waals surface area (Å²) >= 11 is 1.69. The van der Waals surface area contributed by atoms with Crippen LogP contribution in [0, 0.1) is 5.92 Å². The van der Waals surface area contributed by atoms with E-state index < -0.39 is 0 Å². The van der Waals surface area contributed by atoms with Gasteiger partial charge in [-0.25, -0.2) is 0 Å². The van der Waals surface area contributed by atoms with Crippen molar-refractivity contribution < 1.29 is 10.3 Å². The summed E-state index contributed by atoms with van der Waals surface area (Å²) in [7, 11) is 0. The average Bonchev–Trinajstić information content (AvgIpc) is 2.54. The van der Waals surface area contributed by atoms with E-state index in [9.17, 15) is 5.11 Å². The average molecular weight is 309 g/mol. The van der Waals surface area contributed by atoms with Crippen LogP contribution in [0.4, 0.5) is 5.69 Å². The molecule has 5 nitrogen and oxygen atoms in total. The Balaban J connectivity index is 2.32. The number of piperidine rings is 1. The molecule has 0 bridgehead atoms. The molecule has 0 saturated carbocycles. The summed E-state index contributed by atoms with van der Waals surface area (Å²) in [6.45, 7) is 4.11. The Morgan fingerprint density at radius 3 is 2.71 bits per heavy atom. The van der Waals surface area contributed by atoms with Gasteiger partial charge < -0.3 is 20.9 Å². The second-order valence-electron chi connectivity index (χ2n) is 5.18. The van der Waals surface area contributed by atoms with Crippen molar-refractivity contribution in [1.82, 2.24) is 0 Å². The van der Waals surface area contributed by atoms with E-state index in [1.807, 2.05) is 18.2 Å². The van der Waals surface area contributed by atoms with Crippen LogP contribution in [0.1, 0.15) is 25.3 Å². The molecule has 1 saturated heterocycles. The van der Waals surface area contributed by atoms with Crippen molar-refractivity contribution in [2.24, 2.45) is 16.8 Å². The van der Waals surface area contributed by atoms with Gasteiger partial charge in [-0.05, 0) is 36.6 Å². The van der Waals surface area contributed by atoms with E-state index in [0.717, 1.165) is 47.8 Å². The molecule has 1 heterocycles. The lowest BCUT2D eigenvalue weighted by Gasteiger charge is -2.34. The lowest BCUT2D eigenvalue weighted by atomic mass is 9.96. The number of thioether (sulfide) groups is 1. The molecule has 21 heavy (non-hydrogen) atoms. The molecule has 0 atom stereocenters. The van der Waals surface area contributed by atoms with Gasteiger partial charge >= 0.3 is 0 Å². The highest BCUT2D eigenvalue weighted by molar-refractivity contribution is 7.99. The van der Waals surface area contributed by atoms with Gasteiger partial charge in [0.05, 0.1) is 5.56 Å². The highest BCUT2D eigenvalue weighted by atomic mass is 32.2. The molecule has 2 rings (SSSR count). The second kappa shape index (κ2) is 7.56. The summed E-state index contributed by atoms with van der Waals surface area (Å²) in [5, 5.41) is 21.5. The number of rotatable bonds is 5. The van der Waals surface area contributed by atoms with Crippen LogP contribution in [0.25, 0.3) is 0 Å². The second-order valence-corrected chi connectivity index (χ2v) is 6.49. The normalized spacial score (nSPS) is 17.2. The highest BCUT2D eigenvalue weighted by Gasteiger charge is 2.23. The van der Waals surface area contributed by atoms with Crippen LogP contribution >= 0.6 is 11.8 Å². The summed E-state index contributed by atoms with van der Waals surface area (Å²) in [6.07, 6.45) is 1.94. The van der Waals surface area contributed by atoms with E-state index in [1.54, 1.807) is 11.8 Å². The minimum absolute atomic E-state index is 0.158. The van der Waals surface area contributed by atoms with Crippen molar-refractivity contribution in [2.75, 3.05) is 30.3 Å². The van der Waals surface area contributed by atoms with Crippen LogP contribution in [0.15, 0.2) is 28.3 Å². The molecule has 1 aliphatic rings. The molecule has 0 spiro atoms. The lowest BCUT2D eigenvalue weighted by molar-refractivity contribution is 0.203. The van der Waals surface area contributed by atoms with Crippen molar-refractivity contribution in [3.05, 3.63) is 23.8 Å². The van der Waals surface area contributed by atoms with Crippen molar-refractivity contribution in [2.45, 2.75) is 24.7 Å². The van der Waals surface area contributed by atoms with Gasteiger partial charge in [0.2, 0.25) is 0 Å². The van der Waals surface area contributed by atoms with Crippen molar-refractivity contribution in [3.8, 4) is 0 Å². The van der Waals surface area contributed by atoms with Gasteiger partial charge in [-0.2, -0.15) is 0 Å². The Hall–Kier alpha value is -1.40. The maximum Gasteiger partial charge on any atom is 0.173 e. The molecular formula is C15H23N3O2S. The van der Waals surface area contributed by atoms with E-state index >= 15 is 0 Å². The van der Waals surface area contributed by atoms with E-state index in [2.05, 4.69) is 17.0 Å². The number of hydrogen-bond donors (Lipinski definition) is 3. The molecule has 0 aromatic heterocycles. The molecule has 1 aliphatic heterocycles. The SMILES string of the molecule is CCSc1cccc(N2CCC(CO)CC2)c1/C(N)=N/O. The third-order valence-corrected chi connectivity index (χ3v) is 4.82. The number of nitrogens with two attached hydrogens (primary N) is 1. The molecule has 1 aromatic rings. The number of amidine groups is 1. The largest absolute Gasteiger partial charge is 0.409 e. The van der Waals surface area contributed by atoms with Gasteiger partial charge in [0.25, 0.3) is 0 Å². The highest BCUT2D eigenvalue weighted by Crippen LogP contribution is 2.33. The Morgan fingerprint density at radius 1 is 1.43 bits per heavy atom. The number of aliphatic hydroxyl groups excluding tert-OH is 1. The minimum Gasteiger partial charge on any atom is -0.409 e. The molecule has 0 radical (unpaired) electrons. The Labute approximate surface area is 129 Å². The first-order chi connectivity index (χ1) is 10.2. The fraction of sp³-hybridized carbons (Fsp3) is 0.533. The Bertz CT molecular complexity index is 500. The topological polar surface area (TPSA) is 82.1 Å². The molecule has 6 heteroatoms. The Kier molecular flexibility index (Phi) is 5.76. The van der Waals surface area contributed by atoms with Crippen LogP contribution in [0.5, 0.6) is 0 Å². The lowest BCUT2D eigenvalue weighted by Crippen LogP contribution is -2.36. The summed E-state index contributed by atoms with van der Waals surface area (Å²) in [6, 6.07) is 6.04. The van der Waals surface area contributed by atoms with E-state index in [4.69, 9.17) is 10.9 Å². The van der Waals surface area contributed by atoms with Crippen molar-refractivity contribution in [3.63, 3.8) is 0 Å². The van der Waals surface area contributed by atoms with Crippen LogP contribution in [0.3, 0.4) is 0 Å². The third kappa shape index (κ3) is 3.63. The minimum atomic E-state index is 0.158. The summed E-state index contributed by atoms with van der Waals surface area (Å²) in [5.74, 6) is 1.48. The fourth-order valence-electron chi connectivity index (χ4n) is 2.72. The quantitative estimate of drug-likeness (QED) is 0.255. The van der Waals surface area contributed by atoms with Gasteiger partial charge in [-0.3, -0.25) is 0 Å². The van der Waals surface area contributed by atoms with E-state index in [-0.39, 0.29) is 12.4 Å². The number of hydrogen-bond acceptors (Lipinski definition) is 5. The van der Waals surface area contributed by atoms with Crippen LogP contribution in [-0.4, -0.2) is 41.6 Å². The van der Waals surface area contributed by atoms with Gasteiger partial charge in [0, 0.05) is 30.3 Å². The zero-order chi connectivity index (χ0) is 15.2. The monoisotopic (exact) mass is 309 g/mol. The van der Waals surface area contributed by atoms with Crippen molar-refractivity contribution in [1.29, 1.82) is 0 Å². The molecule has 4 N–H and O–H groups in total. The number of oxime groups is 1. The molecule has 116 valence electrons. The number of nitrogens with zero attached hydrogens (tertiary/aromatic N) is 2. The van der Waals surface area contributed by atoms with Crippen LogP contribution in [0.2, 0.25) is 0 Å². The molecule has 1 aromatic carbocycles. The molecule has 1 fully saturated rings. The third-order valence-electron chi connectivity index (χ3n) is 3.88. The molecule has 0 aliphatic carbocycles. The zero-order valence-corrected chi connectivity index (χ0v) is 13.1. The standard InChI is InChI=1S/C15H23N3O2S/c1-2-21-13-5-3-4-12(14(13)15(16)17-20)18-8-6-11(10-19)7-9-18/h3-5,11,19-20H,2,6-10H2,1H3,(H2,16,17). The first-order valence-electron chi connectivity index (χ1n) is 7.30. The van der Waals surface area contributed by atoms with Gasteiger partial charge in [0.1, 0.15) is 0 Å². The number of aliphatic hydroxyl groups is 1. The first-order valence-corrected chi connectivity index (χ1v) is 8.29. The molecule has 0 unspecified atom stereocenters. The number of anilines is 1. The summed E-state index contributed by atoms with van der Waals surface area (Å²) in [4.78, 5) is 3.30. The van der Waals surface area contributed by atoms with Crippen molar-refractivity contribution >= 4 is 23.3 Å². The van der Waals surface area contributed by atoms with Gasteiger partial charge in [-0.15, -0.1) is 11.8 Å². The predicted octanol–water partition coefficient (Wildman–Crippen LogP) is 2.10. The maximum atomic E-state index is 9.25.